The number of hydrogen-bond donors (Lipinski definition) is 2. The molecule has 112 valence electrons. The molecule has 21 heavy (non-hydrogen) atoms. The van der Waals surface area contributed by atoms with E-state index < -0.39 is 11.9 Å². The molecule has 0 unspecified atom stereocenters. The van der Waals surface area contributed by atoms with Gasteiger partial charge in [0.1, 0.15) is 11.3 Å². The number of nitrogens with zero attached hydrogens (tertiary/aromatic N) is 4. The van der Waals surface area contributed by atoms with Crippen LogP contribution in [0.2, 0.25) is 0 Å². The number of hydrogen-bond acceptors (Lipinski definition) is 6. The number of amides is 1. The van der Waals surface area contributed by atoms with Crippen molar-refractivity contribution in [2.75, 3.05) is 0 Å². The summed E-state index contributed by atoms with van der Waals surface area (Å²) >= 11 is 1.17. The fourth-order valence-electron chi connectivity index (χ4n) is 1.42. The average molecular weight is 309 g/mol. The molecule has 0 saturated carbocycles. The molecule has 0 atom stereocenters. The van der Waals surface area contributed by atoms with Gasteiger partial charge in [-0.25, -0.2) is 19.4 Å². The Morgan fingerprint density at radius 2 is 2.14 bits per heavy atom. The van der Waals surface area contributed by atoms with Crippen LogP contribution in [0.15, 0.2) is 11.7 Å². The lowest BCUT2D eigenvalue weighted by Crippen LogP contribution is -2.26. The van der Waals surface area contributed by atoms with Gasteiger partial charge in [0, 0.05) is 5.38 Å². The molecule has 2 aromatic heterocycles. The van der Waals surface area contributed by atoms with Gasteiger partial charge in [-0.05, 0) is 20.8 Å². The number of aromatic nitrogens is 4. The third kappa shape index (κ3) is 3.63. The van der Waals surface area contributed by atoms with Crippen LogP contribution < -0.4 is 5.32 Å². The number of carbonyl (C=O) groups excluding carboxylic acids is 1. The van der Waals surface area contributed by atoms with Crippen molar-refractivity contribution in [2.45, 2.75) is 32.9 Å². The molecule has 0 spiro atoms. The second kappa shape index (κ2) is 5.60. The first-order chi connectivity index (χ1) is 9.77. The van der Waals surface area contributed by atoms with Crippen molar-refractivity contribution >= 4 is 23.2 Å². The van der Waals surface area contributed by atoms with E-state index in [1.54, 1.807) is 4.68 Å². The summed E-state index contributed by atoms with van der Waals surface area (Å²) in [6.45, 7) is 5.99. The largest absolute Gasteiger partial charge is 0.476 e. The van der Waals surface area contributed by atoms with Gasteiger partial charge in [0.25, 0.3) is 5.91 Å². The second-order valence-corrected chi connectivity index (χ2v) is 6.24. The third-order valence-corrected chi connectivity index (χ3v) is 3.40. The average Bonchev–Trinajstić information content (AvgIpc) is 3.04. The summed E-state index contributed by atoms with van der Waals surface area (Å²) in [7, 11) is 0. The molecule has 2 N–H and O–H groups in total. The third-order valence-electron chi connectivity index (χ3n) is 2.55. The molecule has 9 heteroatoms. The molecular formula is C12H15N5O3S. The van der Waals surface area contributed by atoms with Crippen molar-refractivity contribution < 1.29 is 14.7 Å². The van der Waals surface area contributed by atoms with E-state index in [1.165, 1.54) is 23.0 Å². The number of carbonyl (C=O) groups is 2. The SMILES string of the molecule is CC(C)(C)n1cnc(C(=O)NCc2nc(C(=O)O)cs2)n1. The number of thiazole rings is 1. The van der Waals surface area contributed by atoms with E-state index in [0.717, 1.165) is 0 Å². The molecule has 0 bridgehead atoms. The van der Waals surface area contributed by atoms with Crippen molar-refractivity contribution in [2.24, 2.45) is 0 Å². The molecule has 2 rings (SSSR count). The molecule has 8 nitrogen and oxygen atoms in total. The molecule has 2 aromatic rings. The highest BCUT2D eigenvalue weighted by molar-refractivity contribution is 7.09. The van der Waals surface area contributed by atoms with E-state index in [-0.39, 0.29) is 23.6 Å². The lowest BCUT2D eigenvalue weighted by atomic mass is 10.1. The van der Waals surface area contributed by atoms with Gasteiger partial charge in [0.15, 0.2) is 5.69 Å². The lowest BCUT2D eigenvalue weighted by molar-refractivity contribution is 0.0691. The summed E-state index contributed by atoms with van der Waals surface area (Å²) in [5.74, 6) is -1.44. The zero-order valence-corrected chi connectivity index (χ0v) is 12.6. The smallest absolute Gasteiger partial charge is 0.355 e. The highest BCUT2D eigenvalue weighted by Gasteiger charge is 2.18. The minimum absolute atomic E-state index is 0.0283. The van der Waals surface area contributed by atoms with Gasteiger partial charge in [0.2, 0.25) is 5.82 Å². The summed E-state index contributed by atoms with van der Waals surface area (Å²) in [5.41, 5.74) is -0.281. The Morgan fingerprint density at radius 1 is 1.43 bits per heavy atom. The van der Waals surface area contributed by atoms with Crippen molar-refractivity contribution in [3.05, 3.63) is 28.2 Å². The van der Waals surface area contributed by atoms with Gasteiger partial charge in [-0.15, -0.1) is 16.4 Å². The van der Waals surface area contributed by atoms with Crippen LogP contribution in [0.4, 0.5) is 0 Å². The van der Waals surface area contributed by atoms with Gasteiger partial charge in [-0.2, -0.15) is 0 Å². The molecule has 0 aliphatic rings. The van der Waals surface area contributed by atoms with Crippen molar-refractivity contribution in [1.29, 1.82) is 0 Å². The molecule has 0 aliphatic carbocycles. The van der Waals surface area contributed by atoms with Gasteiger partial charge in [0.05, 0.1) is 12.1 Å². The Morgan fingerprint density at radius 3 is 2.67 bits per heavy atom. The number of aromatic carboxylic acids is 1. The van der Waals surface area contributed by atoms with E-state index in [1.807, 2.05) is 20.8 Å². The normalized spacial score (nSPS) is 11.4. The quantitative estimate of drug-likeness (QED) is 0.875. The maximum Gasteiger partial charge on any atom is 0.355 e. The molecule has 2 heterocycles. The Bertz CT molecular complexity index is 670. The first kappa shape index (κ1) is 15.1. The van der Waals surface area contributed by atoms with E-state index in [9.17, 15) is 9.59 Å². The van der Waals surface area contributed by atoms with E-state index in [2.05, 4.69) is 20.4 Å². The Kier molecular flexibility index (Phi) is 4.03. The monoisotopic (exact) mass is 309 g/mol. The maximum atomic E-state index is 11.9. The van der Waals surface area contributed by atoms with Crippen molar-refractivity contribution in [3.8, 4) is 0 Å². The van der Waals surface area contributed by atoms with Gasteiger partial charge < -0.3 is 10.4 Å². The highest BCUT2D eigenvalue weighted by atomic mass is 32.1. The molecule has 0 saturated heterocycles. The molecule has 0 radical (unpaired) electrons. The van der Waals surface area contributed by atoms with Crippen molar-refractivity contribution in [3.63, 3.8) is 0 Å². The van der Waals surface area contributed by atoms with E-state index in [4.69, 9.17) is 5.11 Å². The topological polar surface area (TPSA) is 110 Å². The van der Waals surface area contributed by atoms with Gasteiger partial charge in [-0.3, -0.25) is 4.79 Å². The minimum Gasteiger partial charge on any atom is -0.476 e. The molecular weight excluding hydrogens is 294 g/mol. The van der Waals surface area contributed by atoms with Crippen LogP contribution in [-0.4, -0.2) is 36.7 Å². The van der Waals surface area contributed by atoms with Crippen LogP contribution in [0.3, 0.4) is 0 Å². The first-order valence-corrected chi connectivity index (χ1v) is 7.03. The van der Waals surface area contributed by atoms with E-state index >= 15 is 0 Å². The predicted octanol–water partition coefficient (Wildman–Crippen LogP) is 1.12. The number of carboxylic acids is 1. The fraction of sp³-hybridized carbons (Fsp3) is 0.417. The summed E-state index contributed by atoms with van der Waals surface area (Å²) in [6.07, 6.45) is 1.50. The standard InChI is InChI=1S/C12H15N5O3S/c1-12(2,3)17-6-14-9(16-17)10(18)13-4-8-15-7(5-21-8)11(19)20/h5-6H,4H2,1-3H3,(H,13,18)(H,19,20). The Hall–Kier alpha value is -2.29. The Balaban J connectivity index is 1.98. The number of nitrogens with one attached hydrogen (secondary N) is 1. The first-order valence-electron chi connectivity index (χ1n) is 6.15. The van der Waals surface area contributed by atoms with Crippen LogP contribution >= 0.6 is 11.3 Å². The molecule has 1 amide bonds. The van der Waals surface area contributed by atoms with Crippen LogP contribution in [0, 0.1) is 0 Å². The molecule has 0 aliphatic heterocycles. The highest BCUT2D eigenvalue weighted by Crippen LogP contribution is 2.12. The number of carboxylic acid groups (broad SMARTS) is 1. The fourth-order valence-corrected chi connectivity index (χ4v) is 2.12. The summed E-state index contributed by atoms with van der Waals surface area (Å²) in [6, 6.07) is 0. The molecule has 0 fully saturated rings. The van der Waals surface area contributed by atoms with E-state index in [0.29, 0.717) is 5.01 Å². The van der Waals surface area contributed by atoms with Crippen LogP contribution in [0.25, 0.3) is 0 Å². The van der Waals surface area contributed by atoms with Crippen LogP contribution in [0.5, 0.6) is 0 Å². The number of rotatable bonds is 4. The predicted molar refractivity (Wildman–Crippen MR) is 75.3 cm³/mol. The Labute approximate surface area is 124 Å². The van der Waals surface area contributed by atoms with Crippen molar-refractivity contribution in [1.82, 2.24) is 25.1 Å². The van der Waals surface area contributed by atoms with Gasteiger partial charge in [-0.1, -0.05) is 0 Å². The second-order valence-electron chi connectivity index (χ2n) is 5.30. The van der Waals surface area contributed by atoms with Crippen LogP contribution in [0.1, 0.15) is 46.9 Å². The zero-order valence-electron chi connectivity index (χ0n) is 11.8. The maximum absolute atomic E-state index is 11.9. The van der Waals surface area contributed by atoms with Crippen LogP contribution in [-0.2, 0) is 12.1 Å². The summed E-state index contributed by atoms with van der Waals surface area (Å²) < 4.78 is 1.60. The lowest BCUT2D eigenvalue weighted by Gasteiger charge is -2.17. The summed E-state index contributed by atoms with van der Waals surface area (Å²) in [4.78, 5) is 30.4. The summed E-state index contributed by atoms with van der Waals surface area (Å²) in [5, 5.41) is 17.4. The minimum atomic E-state index is -1.09. The molecule has 0 aromatic carbocycles. The van der Waals surface area contributed by atoms with Gasteiger partial charge >= 0.3 is 5.97 Å². The zero-order chi connectivity index (χ0) is 15.6.